The third kappa shape index (κ3) is 7.58. The van der Waals surface area contributed by atoms with E-state index in [1.54, 1.807) is 32.5 Å². The number of nitrogens with two attached hydrogens (primary N) is 1. The molecule has 1 amide bonds. The van der Waals surface area contributed by atoms with Crippen molar-refractivity contribution in [1.82, 2.24) is 14.9 Å². The smallest absolute Gasteiger partial charge is 0.339 e. The molecule has 0 aliphatic carbocycles. The Morgan fingerprint density at radius 2 is 1.76 bits per heavy atom. The van der Waals surface area contributed by atoms with Gasteiger partial charge in [0.15, 0.2) is 0 Å². The molecule has 0 radical (unpaired) electrons. The standard InChI is InChI=1S/C23H30N4O6S/c1-16(15-31-5)32-19-12-17(23(28)26-22(24)10-11-25-2)13-20(14-19)33-18-6-8-21(9-7-18)34(29,30)27(3)4/h6-14,16,25H,15H2,1-5H3,(H2,24,26,28)/p+1/b11-10-/t16-/m0/s1. The van der Waals surface area contributed by atoms with Gasteiger partial charge < -0.3 is 19.5 Å². The summed E-state index contributed by atoms with van der Waals surface area (Å²) in [4.78, 5) is 12.9. The number of amidine groups is 1. The third-order valence-corrected chi connectivity index (χ3v) is 6.24. The van der Waals surface area contributed by atoms with E-state index in [4.69, 9.17) is 19.6 Å². The van der Waals surface area contributed by atoms with Crippen LogP contribution in [0.1, 0.15) is 17.3 Å². The second-order valence-electron chi connectivity index (χ2n) is 7.47. The molecule has 0 aromatic heterocycles. The van der Waals surface area contributed by atoms with Crippen molar-refractivity contribution in [3.05, 3.63) is 60.3 Å². The molecule has 0 bridgehead atoms. The minimum atomic E-state index is -3.56. The van der Waals surface area contributed by atoms with Gasteiger partial charge in [-0.1, -0.05) is 0 Å². The van der Waals surface area contributed by atoms with Crippen molar-refractivity contribution < 1.29 is 32.8 Å². The predicted octanol–water partition coefficient (Wildman–Crippen LogP) is 0.763. The molecule has 0 unspecified atom stereocenters. The summed E-state index contributed by atoms with van der Waals surface area (Å²) in [5.41, 5.74) is 0.254. The Bertz CT molecular complexity index is 1130. The number of carbonyl (C=O) groups is 1. The molecular formula is C23H31N4O6S+. The van der Waals surface area contributed by atoms with E-state index in [2.05, 4.69) is 10.6 Å². The first-order valence-corrected chi connectivity index (χ1v) is 11.8. The first kappa shape index (κ1) is 26.8. The molecular weight excluding hydrogens is 460 g/mol. The highest BCUT2D eigenvalue weighted by Gasteiger charge is 2.19. The molecule has 2 aromatic rings. The van der Waals surface area contributed by atoms with Gasteiger partial charge in [0.1, 0.15) is 23.4 Å². The van der Waals surface area contributed by atoms with Gasteiger partial charge in [-0.25, -0.2) is 22.8 Å². The number of hydrogen-bond donors (Lipinski definition) is 3. The fourth-order valence-corrected chi connectivity index (χ4v) is 3.68. The van der Waals surface area contributed by atoms with Crippen LogP contribution in [-0.4, -0.2) is 65.4 Å². The number of benzene rings is 2. The van der Waals surface area contributed by atoms with Crippen LogP contribution in [0.2, 0.25) is 0 Å². The van der Waals surface area contributed by atoms with Crippen LogP contribution in [0.15, 0.2) is 59.6 Å². The SMILES string of the molecule is CN/C=C\C(=[NH2+])NC(=O)c1cc(Oc2ccc(S(=O)(=O)N(C)C)cc2)cc(O[C@@H](C)COC)c1. The van der Waals surface area contributed by atoms with Crippen LogP contribution in [0.4, 0.5) is 0 Å². The summed E-state index contributed by atoms with van der Waals surface area (Å²) >= 11 is 0. The molecule has 1 atom stereocenters. The molecule has 0 saturated heterocycles. The van der Waals surface area contributed by atoms with Crippen molar-refractivity contribution in [3.8, 4) is 17.2 Å². The Labute approximate surface area is 200 Å². The molecule has 0 spiro atoms. The summed E-state index contributed by atoms with van der Waals surface area (Å²) in [5, 5.41) is 11.2. The molecule has 11 heteroatoms. The topological polar surface area (TPSA) is 132 Å². The highest BCUT2D eigenvalue weighted by Crippen LogP contribution is 2.29. The molecule has 184 valence electrons. The van der Waals surface area contributed by atoms with Crippen LogP contribution in [0.5, 0.6) is 17.2 Å². The summed E-state index contributed by atoms with van der Waals surface area (Å²) in [6.07, 6.45) is 2.82. The number of hydrogen-bond acceptors (Lipinski definition) is 7. The van der Waals surface area contributed by atoms with Crippen molar-refractivity contribution in [2.45, 2.75) is 17.9 Å². The molecule has 0 aliphatic heterocycles. The average molecular weight is 492 g/mol. The van der Waals surface area contributed by atoms with E-state index >= 15 is 0 Å². The van der Waals surface area contributed by atoms with Gasteiger partial charge in [0.25, 0.3) is 5.84 Å². The largest absolute Gasteiger partial charge is 0.488 e. The molecule has 0 saturated carbocycles. The summed E-state index contributed by atoms with van der Waals surface area (Å²) < 4.78 is 42.5. The monoisotopic (exact) mass is 491 g/mol. The normalized spacial score (nSPS) is 12.4. The number of nitrogens with one attached hydrogen (secondary N) is 2. The Morgan fingerprint density at radius 1 is 1.12 bits per heavy atom. The number of nitrogens with zero attached hydrogens (tertiary/aromatic N) is 1. The molecule has 2 rings (SSSR count). The summed E-state index contributed by atoms with van der Waals surface area (Å²) in [5.74, 6) is 0.788. The van der Waals surface area contributed by atoms with Crippen LogP contribution in [0.25, 0.3) is 0 Å². The van der Waals surface area contributed by atoms with Crippen molar-refractivity contribution in [2.75, 3.05) is 34.9 Å². The minimum absolute atomic E-state index is 0.135. The molecule has 2 aromatic carbocycles. The minimum Gasteiger partial charge on any atom is -0.488 e. The second-order valence-corrected chi connectivity index (χ2v) is 9.62. The fraction of sp³-hybridized carbons (Fsp3) is 0.304. The van der Waals surface area contributed by atoms with Crippen LogP contribution in [0.3, 0.4) is 0 Å². The Morgan fingerprint density at radius 3 is 2.35 bits per heavy atom. The zero-order valence-electron chi connectivity index (χ0n) is 19.9. The number of rotatable bonds is 11. The van der Waals surface area contributed by atoms with E-state index in [1.807, 2.05) is 6.92 Å². The van der Waals surface area contributed by atoms with Gasteiger partial charge in [-0.2, -0.15) is 0 Å². The summed E-state index contributed by atoms with van der Waals surface area (Å²) in [7, 11) is 2.63. The zero-order chi connectivity index (χ0) is 25.3. The third-order valence-electron chi connectivity index (χ3n) is 4.41. The summed E-state index contributed by atoms with van der Waals surface area (Å²) in [6.45, 7) is 2.18. The van der Waals surface area contributed by atoms with Crippen LogP contribution < -0.4 is 25.5 Å². The van der Waals surface area contributed by atoms with E-state index in [9.17, 15) is 13.2 Å². The number of sulfonamides is 1. The van der Waals surface area contributed by atoms with E-state index in [-0.39, 0.29) is 22.4 Å². The fourth-order valence-electron chi connectivity index (χ4n) is 2.78. The van der Waals surface area contributed by atoms with Crippen LogP contribution in [0, 0.1) is 0 Å². The maximum Gasteiger partial charge on any atom is 0.339 e. The van der Waals surface area contributed by atoms with E-state index in [1.165, 1.54) is 50.5 Å². The van der Waals surface area contributed by atoms with E-state index in [0.29, 0.717) is 23.9 Å². The lowest BCUT2D eigenvalue weighted by Crippen LogP contribution is -2.49. The van der Waals surface area contributed by atoms with Crippen LogP contribution in [-0.2, 0) is 14.8 Å². The maximum absolute atomic E-state index is 12.7. The predicted molar refractivity (Wildman–Crippen MR) is 128 cm³/mol. The van der Waals surface area contributed by atoms with Gasteiger partial charge in [0, 0.05) is 46.6 Å². The van der Waals surface area contributed by atoms with Crippen molar-refractivity contribution >= 4 is 21.8 Å². The Kier molecular flexibility index (Phi) is 9.60. The van der Waals surface area contributed by atoms with Crippen molar-refractivity contribution in [2.24, 2.45) is 0 Å². The van der Waals surface area contributed by atoms with Gasteiger partial charge in [0.2, 0.25) is 10.0 Å². The number of carbonyl (C=O) groups excluding carboxylic acids is 1. The molecule has 0 fully saturated rings. The highest BCUT2D eigenvalue weighted by atomic mass is 32.2. The zero-order valence-corrected chi connectivity index (χ0v) is 20.7. The Hall–Kier alpha value is -3.41. The van der Waals surface area contributed by atoms with Gasteiger partial charge in [-0.3, -0.25) is 5.41 Å². The van der Waals surface area contributed by atoms with Crippen molar-refractivity contribution in [3.63, 3.8) is 0 Å². The first-order chi connectivity index (χ1) is 16.1. The van der Waals surface area contributed by atoms with E-state index in [0.717, 1.165) is 4.31 Å². The Balaban J connectivity index is 2.32. The first-order valence-electron chi connectivity index (χ1n) is 10.4. The van der Waals surface area contributed by atoms with Crippen molar-refractivity contribution in [1.29, 1.82) is 0 Å². The van der Waals surface area contributed by atoms with Gasteiger partial charge in [0.05, 0.1) is 17.1 Å². The lowest BCUT2D eigenvalue weighted by molar-refractivity contribution is -0.115. The lowest BCUT2D eigenvalue weighted by Gasteiger charge is -2.16. The quantitative estimate of drug-likeness (QED) is 0.312. The van der Waals surface area contributed by atoms with Gasteiger partial charge in [-0.05, 0) is 43.3 Å². The van der Waals surface area contributed by atoms with Gasteiger partial charge >= 0.3 is 5.91 Å². The molecule has 0 aliphatic rings. The summed E-state index contributed by atoms with van der Waals surface area (Å²) in [6, 6.07) is 10.7. The molecule has 4 N–H and O–H groups in total. The van der Waals surface area contributed by atoms with E-state index < -0.39 is 15.9 Å². The maximum atomic E-state index is 12.7. The second kappa shape index (κ2) is 12.2. The average Bonchev–Trinajstić information content (AvgIpc) is 2.77. The van der Waals surface area contributed by atoms with Crippen LogP contribution >= 0.6 is 0 Å². The molecule has 10 nitrogen and oxygen atoms in total. The number of amides is 1. The number of ether oxygens (including phenoxy) is 3. The highest BCUT2D eigenvalue weighted by molar-refractivity contribution is 7.89. The molecule has 0 heterocycles. The lowest BCUT2D eigenvalue weighted by atomic mass is 10.1. The van der Waals surface area contributed by atoms with Gasteiger partial charge in [-0.15, -0.1) is 0 Å². The number of methoxy groups -OCH3 is 1. The molecule has 34 heavy (non-hydrogen) atoms.